The topological polar surface area (TPSA) is 45.2 Å². The third-order valence-electron chi connectivity index (χ3n) is 4.16. The van der Waals surface area contributed by atoms with Crippen LogP contribution >= 0.6 is 15.9 Å². The first-order valence-corrected chi connectivity index (χ1v) is 7.69. The molecule has 2 fully saturated rings. The van der Waals surface area contributed by atoms with E-state index in [0.717, 1.165) is 19.4 Å². The van der Waals surface area contributed by atoms with Crippen molar-refractivity contribution in [3.63, 3.8) is 0 Å². The van der Waals surface area contributed by atoms with Crippen LogP contribution in [0.25, 0.3) is 0 Å². The largest absolute Gasteiger partial charge is 0.349 e. The summed E-state index contributed by atoms with van der Waals surface area (Å²) in [5.74, 6) is -0.0172. The SMILES string of the molecule is O=C(NC1CCN2CCCC2C1)c1cccnc1Br. The number of hydrogen-bond acceptors (Lipinski definition) is 3. The first-order valence-electron chi connectivity index (χ1n) is 6.89. The molecular weight excluding hydrogens is 306 g/mol. The fourth-order valence-electron chi connectivity index (χ4n) is 3.17. The van der Waals surface area contributed by atoms with Crippen molar-refractivity contribution in [2.45, 2.75) is 37.8 Å². The Morgan fingerprint density at radius 2 is 2.32 bits per heavy atom. The van der Waals surface area contributed by atoms with Gasteiger partial charge in [-0.1, -0.05) is 0 Å². The molecule has 0 bridgehead atoms. The number of pyridine rings is 1. The molecule has 0 aliphatic carbocycles. The van der Waals surface area contributed by atoms with E-state index in [2.05, 4.69) is 31.1 Å². The third kappa shape index (κ3) is 2.82. The van der Waals surface area contributed by atoms with E-state index >= 15 is 0 Å². The number of halogens is 1. The van der Waals surface area contributed by atoms with Crippen molar-refractivity contribution in [3.05, 3.63) is 28.5 Å². The van der Waals surface area contributed by atoms with Crippen molar-refractivity contribution >= 4 is 21.8 Å². The Labute approximate surface area is 121 Å². The highest BCUT2D eigenvalue weighted by Crippen LogP contribution is 2.27. The molecule has 1 amide bonds. The highest BCUT2D eigenvalue weighted by Gasteiger charge is 2.32. The highest BCUT2D eigenvalue weighted by atomic mass is 79.9. The molecule has 102 valence electrons. The summed E-state index contributed by atoms with van der Waals surface area (Å²) in [4.78, 5) is 18.9. The van der Waals surface area contributed by atoms with E-state index < -0.39 is 0 Å². The molecule has 19 heavy (non-hydrogen) atoms. The number of hydrogen-bond donors (Lipinski definition) is 1. The first kappa shape index (κ1) is 13.1. The molecule has 1 aromatic heterocycles. The van der Waals surface area contributed by atoms with Crippen molar-refractivity contribution in [1.82, 2.24) is 15.2 Å². The van der Waals surface area contributed by atoms with E-state index in [1.807, 2.05) is 0 Å². The Kier molecular flexibility index (Phi) is 3.84. The van der Waals surface area contributed by atoms with Gasteiger partial charge in [0.2, 0.25) is 0 Å². The lowest BCUT2D eigenvalue weighted by Crippen LogP contribution is -2.47. The van der Waals surface area contributed by atoms with Crippen LogP contribution in [0.15, 0.2) is 22.9 Å². The smallest absolute Gasteiger partial charge is 0.254 e. The maximum absolute atomic E-state index is 12.2. The predicted molar refractivity (Wildman–Crippen MR) is 77.0 cm³/mol. The minimum atomic E-state index is -0.0172. The van der Waals surface area contributed by atoms with Gasteiger partial charge in [0.1, 0.15) is 4.60 Å². The molecule has 3 rings (SSSR count). The Hall–Kier alpha value is -0.940. The van der Waals surface area contributed by atoms with Gasteiger partial charge < -0.3 is 10.2 Å². The molecule has 2 saturated heterocycles. The average molecular weight is 324 g/mol. The molecule has 0 aromatic carbocycles. The molecule has 0 spiro atoms. The summed E-state index contributed by atoms with van der Waals surface area (Å²) < 4.78 is 0.616. The molecule has 2 aliphatic heterocycles. The van der Waals surface area contributed by atoms with Crippen molar-refractivity contribution in [1.29, 1.82) is 0 Å². The van der Waals surface area contributed by atoms with Crippen molar-refractivity contribution in [3.8, 4) is 0 Å². The summed E-state index contributed by atoms with van der Waals surface area (Å²) in [5.41, 5.74) is 0.622. The monoisotopic (exact) mass is 323 g/mol. The number of nitrogens with one attached hydrogen (secondary N) is 1. The second-order valence-electron chi connectivity index (χ2n) is 5.37. The summed E-state index contributed by atoms with van der Waals surface area (Å²) in [6, 6.07) is 4.58. The van der Waals surface area contributed by atoms with E-state index in [9.17, 15) is 4.79 Å². The van der Waals surface area contributed by atoms with Gasteiger partial charge in [-0.25, -0.2) is 4.98 Å². The van der Waals surface area contributed by atoms with Gasteiger partial charge >= 0.3 is 0 Å². The van der Waals surface area contributed by atoms with Crippen molar-refractivity contribution in [2.24, 2.45) is 0 Å². The normalized spacial score (nSPS) is 27.0. The molecule has 1 aromatic rings. The van der Waals surface area contributed by atoms with Crippen LogP contribution in [0.1, 0.15) is 36.0 Å². The van der Waals surface area contributed by atoms with Crippen LogP contribution in [0, 0.1) is 0 Å². The van der Waals surface area contributed by atoms with Crippen LogP contribution in [0.3, 0.4) is 0 Å². The summed E-state index contributed by atoms with van der Waals surface area (Å²) in [6.07, 6.45) is 6.41. The number of carbonyl (C=O) groups is 1. The Morgan fingerprint density at radius 3 is 3.16 bits per heavy atom. The maximum Gasteiger partial charge on any atom is 0.254 e. The fraction of sp³-hybridized carbons (Fsp3) is 0.571. The predicted octanol–water partition coefficient (Wildman–Crippen LogP) is 2.20. The van der Waals surface area contributed by atoms with Crippen LogP contribution in [0.4, 0.5) is 0 Å². The van der Waals surface area contributed by atoms with Crippen LogP contribution in [0.2, 0.25) is 0 Å². The minimum Gasteiger partial charge on any atom is -0.349 e. The molecule has 5 heteroatoms. The number of carbonyl (C=O) groups excluding carboxylic acids is 1. The lowest BCUT2D eigenvalue weighted by Gasteiger charge is -2.35. The Morgan fingerprint density at radius 1 is 1.42 bits per heavy atom. The number of aromatic nitrogens is 1. The molecule has 0 saturated carbocycles. The van der Waals surface area contributed by atoms with E-state index in [1.54, 1.807) is 18.3 Å². The zero-order valence-electron chi connectivity index (χ0n) is 10.8. The summed E-state index contributed by atoms with van der Waals surface area (Å²) in [6.45, 7) is 2.35. The lowest BCUT2D eigenvalue weighted by atomic mass is 9.97. The molecule has 2 atom stereocenters. The molecule has 2 aliphatic rings. The number of piperidine rings is 1. The van der Waals surface area contributed by atoms with Gasteiger partial charge in [0.15, 0.2) is 0 Å². The summed E-state index contributed by atoms with van der Waals surface area (Å²) in [5, 5.41) is 3.15. The molecule has 1 N–H and O–H groups in total. The summed E-state index contributed by atoms with van der Waals surface area (Å²) in [7, 11) is 0. The van der Waals surface area contributed by atoms with Crippen molar-refractivity contribution in [2.75, 3.05) is 13.1 Å². The molecule has 2 unspecified atom stereocenters. The van der Waals surface area contributed by atoms with E-state index in [1.165, 1.54) is 19.4 Å². The zero-order valence-corrected chi connectivity index (χ0v) is 12.4. The highest BCUT2D eigenvalue weighted by molar-refractivity contribution is 9.10. The fourth-order valence-corrected chi connectivity index (χ4v) is 3.60. The van der Waals surface area contributed by atoms with Gasteiger partial charge in [0.25, 0.3) is 5.91 Å². The second kappa shape index (κ2) is 5.59. The van der Waals surface area contributed by atoms with Gasteiger partial charge in [0, 0.05) is 24.8 Å². The first-order chi connectivity index (χ1) is 9.24. The minimum absolute atomic E-state index is 0.0172. The number of fused-ring (bicyclic) bond motifs is 1. The molecule has 4 nitrogen and oxygen atoms in total. The molecular formula is C14H18BrN3O. The van der Waals surface area contributed by atoms with Crippen LogP contribution in [0.5, 0.6) is 0 Å². The van der Waals surface area contributed by atoms with E-state index in [4.69, 9.17) is 0 Å². The average Bonchev–Trinajstić information content (AvgIpc) is 2.86. The molecule has 0 radical (unpaired) electrons. The summed E-state index contributed by atoms with van der Waals surface area (Å²) >= 11 is 3.33. The van der Waals surface area contributed by atoms with Gasteiger partial charge in [-0.3, -0.25) is 4.79 Å². The van der Waals surface area contributed by atoms with E-state index in [0.29, 0.717) is 22.3 Å². The Bertz CT molecular complexity index is 480. The van der Waals surface area contributed by atoms with E-state index in [-0.39, 0.29) is 5.91 Å². The zero-order chi connectivity index (χ0) is 13.2. The maximum atomic E-state index is 12.2. The van der Waals surface area contributed by atoms with Gasteiger partial charge in [-0.2, -0.15) is 0 Å². The second-order valence-corrected chi connectivity index (χ2v) is 6.12. The van der Waals surface area contributed by atoms with Gasteiger partial charge in [-0.15, -0.1) is 0 Å². The number of rotatable bonds is 2. The number of nitrogens with zero attached hydrogens (tertiary/aromatic N) is 2. The lowest BCUT2D eigenvalue weighted by molar-refractivity contribution is 0.0895. The molecule has 3 heterocycles. The Balaban J connectivity index is 1.62. The van der Waals surface area contributed by atoms with Gasteiger partial charge in [0.05, 0.1) is 5.56 Å². The van der Waals surface area contributed by atoms with Crippen LogP contribution in [-0.2, 0) is 0 Å². The van der Waals surface area contributed by atoms with Crippen LogP contribution in [-0.4, -0.2) is 41.0 Å². The number of amides is 1. The quantitative estimate of drug-likeness (QED) is 0.849. The van der Waals surface area contributed by atoms with Crippen molar-refractivity contribution < 1.29 is 4.79 Å². The van der Waals surface area contributed by atoms with Gasteiger partial charge in [-0.05, 0) is 60.3 Å². The standard InChI is InChI=1S/C14H18BrN3O/c15-13-12(4-1-6-16-13)14(19)17-10-5-8-18-7-2-3-11(18)9-10/h1,4,6,10-11H,2-3,5,7-9H2,(H,17,19). The third-order valence-corrected chi connectivity index (χ3v) is 4.79. The van der Waals surface area contributed by atoms with Crippen LogP contribution < -0.4 is 5.32 Å².